The van der Waals surface area contributed by atoms with Gasteiger partial charge in [0.25, 0.3) is 5.56 Å². The van der Waals surface area contributed by atoms with Gasteiger partial charge < -0.3 is 4.74 Å². The van der Waals surface area contributed by atoms with Crippen LogP contribution in [0.4, 0.5) is 0 Å². The van der Waals surface area contributed by atoms with Gasteiger partial charge in [0.15, 0.2) is 5.78 Å². The molecule has 3 aromatic rings. The van der Waals surface area contributed by atoms with E-state index in [0.717, 1.165) is 28.4 Å². The van der Waals surface area contributed by atoms with Gasteiger partial charge in [-0.15, -0.1) is 11.3 Å². The third-order valence-electron chi connectivity index (χ3n) is 5.32. The topological polar surface area (TPSA) is 64.4 Å². The van der Waals surface area contributed by atoms with Gasteiger partial charge in [-0.25, -0.2) is 4.98 Å². The Morgan fingerprint density at radius 1 is 1.24 bits per heavy atom. The van der Waals surface area contributed by atoms with Crippen LogP contribution in [0.1, 0.15) is 40.5 Å². The highest BCUT2D eigenvalue weighted by molar-refractivity contribution is 7.18. The molecule has 6 nitrogen and oxygen atoms in total. The third kappa shape index (κ3) is 4.26. The van der Waals surface area contributed by atoms with E-state index in [9.17, 15) is 9.59 Å². The molecule has 0 aliphatic rings. The first-order chi connectivity index (χ1) is 13.9. The van der Waals surface area contributed by atoms with Crippen LogP contribution in [0.25, 0.3) is 10.2 Å². The fourth-order valence-electron chi connectivity index (χ4n) is 3.33. The number of hydrogen-bond donors (Lipinski definition) is 0. The van der Waals surface area contributed by atoms with Crippen molar-refractivity contribution in [1.82, 2.24) is 14.5 Å². The predicted molar refractivity (Wildman–Crippen MR) is 117 cm³/mol. The smallest absolute Gasteiger partial charge is 0.263 e. The Labute approximate surface area is 174 Å². The van der Waals surface area contributed by atoms with Gasteiger partial charge in [-0.3, -0.25) is 19.1 Å². The maximum absolute atomic E-state index is 13.4. The second kappa shape index (κ2) is 8.88. The van der Waals surface area contributed by atoms with Crippen molar-refractivity contribution in [2.75, 3.05) is 20.2 Å². The molecule has 2 aromatic heterocycles. The molecule has 0 N–H and O–H groups in total. The standard InChI is InChI=1S/C22H27N3O3S/c1-6-24(7-2)13-19-23-21-20(14(3)15(4)29-21)22(27)25(19)12-18(26)16-9-8-10-17(11-16)28-5/h8-11H,6-7,12-13H2,1-5H3. The molecule has 0 bridgehead atoms. The zero-order valence-electron chi connectivity index (χ0n) is 17.6. The molecule has 0 saturated heterocycles. The monoisotopic (exact) mass is 413 g/mol. The number of ketones is 1. The van der Waals surface area contributed by atoms with Crippen LogP contribution in [0.2, 0.25) is 0 Å². The maximum Gasteiger partial charge on any atom is 0.263 e. The highest BCUT2D eigenvalue weighted by atomic mass is 32.1. The molecule has 0 unspecified atom stereocenters. The SMILES string of the molecule is CCN(CC)Cc1nc2sc(C)c(C)c2c(=O)n1CC(=O)c1cccc(OC)c1. The number of aromatic nitrogens is 2. The number of thiophene rings is 1. The van der Waals surface area contributed by atoms with Crippen LogP contribution >= 0.6 is 11.3 Å². The summed E-state index contributed by atoms with van der Waals surface area (Å²) in [7, 11) is 1.57. The lowest BCUT2D eigenvalue weighted by Crippen LogP contribution is -2.33. The molecule has 0 spiro atoms. The molecule has 0 radical (unpaired) electrons. The average Bonchev–Trinajstić information content (AvgIpc) is 3.02. The molecule has 0 aliphatic carbocycles. The number of rotatable bonds is 8. The number of Topliss-reactive ketones (excluding diaryl/α,β-unsaturated/α-hetero) is 1. The number of fused-ring (bicyclic) bond motifs is 1. The Hall–Kier alpha value is -2.51. The minimum absolute atomic E-state index is 0.0418. The number of carbonyl (C=O) groups is 1. The molecule has 0 fully saturated rings. The molecular formula is C22H27N3O3S. The van der Waals surface area contributed by atoms with Gasteiger partial charge in [0.2, 0.25) is 0 Å². The molecule has 154 valence electrons. The van der Waals surface area contributed by atoms with Gasteiger partial charge in [-0.2, -0.15) is 0 Å². The van der Waals surface area contributed by atoms with E-state index < -0.39 is 0 Å². The van der Waals surface area contributed by atoms with Crippen LogP contribution in [0.5, 0.6) is 5.75 Å². The van der Waals surface area contributed by atoms with Crippen molar-refractivity contribution in [3.05, 3.63) is 56.4 Å². The molecular weight excluding hydrogens is 386 g/mol. The lowest BCUT2D eigenvalue weighted by atomic mass is 10.1. The molecule has 29 heavy (non-hydrogen) atoms. The molecule has 2 heterocycles. The van der Waals surface area contributed by atoms with E-state index >= 15 is 0 Å². The minimum atomic E-state index is -0.143. The van der Waals surface area contributed by atoms with E-state index in [0.29, 0.717) is 29.1 Å². The van der Waals surface area contributed by atoms with Crippen LogP contribution in [-0.4, -0.2) is 40.4 Å². The number of aryl methyl sites for hydroxylation is 2. The van der Waals surface area contributed by atoms with Crippen molar-refractivity contribution in [3.8, 4) is 5.75 Å². The molecule has 3 rings (SSSR count). The maximum atomic E-state index is 13.4. The Kier molecular flexibility index (Phi) is 6.49. The summed E-state index contributed by atoms with van der Waals surface area (Å²) in [5, 5.41) is 0.620. The lowest BCUT2D eigenvalue weighted by molar-refractivity contribution is 0.0967. The first-order valence-corrected chi connectivity index (χ1v) is 10.6. The Bertz CT molecular complexity index is 1100. The van der Waals surface area contributed by atoms with Crippen LogP contribution in [0.3, 0.4) is 0 Å². The van der Waals surface area contributed by atoms with Crippen molar-refractivity contribution in [2.24, 2.45) is 0 Å². The Balaban J connectivity index is 2.10. The molecule has 0 atom stereocenters. The summed E-state index contributed by atoms with van der Waals surface area (Å²) < 4.78 is 6.77. The van der Waals surface area contributed by atoms with E-state index in [1.54, 1.807) is 35.9 Å². The zero-order chi connectivity index (χ0) is 21.1. The normalized spacial score (nSPS) is 11.4. The third-order valence-corrected chi connectivity index (χ3v) is 6.42. The number of benzene rings is 1. The second-order valence-electron chi connectivity index (χ2n) is 7.00. The van der Waals surface area contributed by atoms with Crippen LogP contribution in [0, 0.1) is 13.8 Å². The summed E-state index contributed by atoms with van der Waals surface area (Å²) in [4.78, 5) is 35.2. The average molecular weight is 414 g/mol. The Morgan fingerprint density at radius 2 is 1.97 bits per heavy atom. The molecule has 0 aliphatic heterocycles. The van der Waals surface area contributed by atoms with E-state index in [1.807, 2.05) is 13.8 Å². The number of hydrogen-bond acceptors (Lipinski definition) is 6. The van der Waals surface area contributed by atoms with Gasteiger partial charge in [0, 0.05) is 10.4 Å². The molecule has 0 amide bonds. The first kappa shape index (κ1) is 21.2. The summed E-state index contributed by atoms with van der Waals surface area (Å²) in [6, 6.07) is 7.01. The van der Waals surface area contributed by atoms with Crippen molar-refractivity contribution in [1.29, 1.82) is 0 Å². The summed E-state index contributed by atoms with van der Waals surface area (Å²) in [5.74, 6) is 1.10. The zero-order valence-corrected chi connectivity index (χ0v) is 18.4. The van der Waals surface area contributed by atoms with Crippen LogP contribution < -0.4 is 10.3 Å². The summed E-state index contributed by atoms with van der Waals surface area (Å²) >= 11 is 1.53. The van der Waals surface area contributed by atoms with Gasteiger partial charge in [-0.05, 0) is 44.6 Å². The van der Waals surface area contributed by atoms with Crippen molar-refractivity contribution in [3.63, 3.8) is 0 Å². The van der Waals surface area contributed by atoms with Crippen molar-refractivity contribution in [2.45, 2.75) is 40.8 Å². The highest BCUT2D eigenvalue weighted by Crippen LogP contribution is 2.26. The van der Waals surface area contributed by atoms with Gasteiger partial charge in [0.05, 0.1) is 25.6 Å². The van der Waals surface area contributed by atoms with Crippen LogP contribution in [-0.2, 0) is 13.1 Å². The van der Waals surface area contributed by atoms with E-state index in [2.05, 4.69) is 18.7 Å². The molecule has 1 aromatic carbocycles. The largest absolute Gasteiger partial charge is 0.497 e. The van der Waals surface area contributed by atoms with Crippen LogP contribution in [0.15, 0.2) is 29.1 Å². The van der Waals surface area contributed by atoms with Gasteiger partial charge >= 0.3 is 0 Å². The fraction of sp³-hybridized carbons (Fsp3) is 0.409. The minimum Gasteiger partial charge on any atom is -0.497 e. The molecule has 7 heteroatoms. The van der Waals surface area contributed by atoms with Crippen molar-refractivity contribution < 1.29 is 9.53 Å². The molecule has 0 saturated carbocycles. The summed E-state index contributed by atoms with van der Waals surface area (Å²) in [6.07, 6.45) is 0. The number of methoxy groups -OCH3 is 1. The second-order valence-corrected chi connectivity index (χ2v) is 8.20. The van der Waals surface area contributed by atoms with E-state index in [-0.39, 0.29) is 17.9 Å². The predicted octanol–water partition coefficient (Wildman–Crippen LogP) is 3.81. The van der Waals surface area contributed by atoms with E-state index in [1.165, 1.54) is 11.3 Å². The van der Waals surface area contributed by atoms with E-state index in [4.69, 9.17) is 9.72 Å². The van der Waals surface area contributed by atoms with Gasteiger partial charge in [0.1, 0.15) is 16.4 Å². The first-order valence-electron chi connectivity index (χ1n) is 9.78. The van der Waals surface area contributed by atoms with Crippen molar-refractivity contribution >= 4 is 27.3 Å². The summed E-state index contributed by atoms with van der Waals surface area (Å²) in [6.45, 7) is 10.3. The summed E-state index contributed by atoms with van der Waals surface area (Å²) in [5.41, 5.74) is 1.32. The van der Waals surface area contributed by atoms with Gasteiger partial charge in [-0.1, -0.05) is 26.0 Å². The fourth-order valence-corrected chi connectivity index (χ4v) is 4.37. The lowest BCUT2D eigenvalue weighted by Gasteiger charge is -2.20. The highest BCUT2D eigenvalue weighted by Gasteiger charge is 2.20. The number of ether oxygens (including phenoxy) is 1. The number of carbonyl (C=O) groups excluding carboxylic acids is 1. The quantitative estimate of drug-likeness (QED) is 0.526. The number of nitrogens with zero attached hydrogens (tertiary/aromatic N) is 3. The Morgan fingerprint density at radius 3 is 2.62 bits per heavy atom.